The molecule has 0 aliphatic carbocycles. The van der Waals surface area contributed by atoms with Crippen LogP contribution >= 0.6 is 0 Å². The van der Waals surface area contributed by atoms with Gasteiger partial charge in [0.1, 0.15) is 17.1 Å². The van der Waals surface area contributed by atoms with Crippen molar-refractivity contribution in [3.05, 3.63) is 76.0 Å². The van der Waals surface area contributed by atoms with E-state index in [-0.39, 0.29) is 17.3 Å². The van der Waals surface area contributed by atoms with Gasteiger partial charge in [-0.3, -0.25) is 0 Å². The van der Waals surface area contributed by atoms with Crippen molar-refractivity contribution < 1.29 is 33.3 Å². The molecular formula is C24H23NO8. The van der Waals surface area contributed by atoms with E-state index in [1.165, 1.54) is 13.2 Å². The van der Waals surface area contributed by atoms with E-state index in [0.717, 1.165) is 16.5 Å². The van der Waals surface area contributed by atoms with E-state index < -0.39 is 30.2 Å². The Morgan fingerprint density at radius 1 is 1.12 bits per heavy atom. The zero-order chi connectivity index (χ0) is 23.7. The number of carbonyl (C=O) groups excluding carboxylic acids is 1. The third-order valence-corrected chi connectivity index (χ3v) is 5.40. The lowest BCUT2D eigenvalue weighted by molar-refractivity contribution is -0.174. The number of aryl methyl sites for hydroxylation is 1. The molecule has 9 nitrogen and oxygen atoms in total. The van der Waals surface area contributed by atoms with Crippen LogP contribution in [0.4, 0.5) is 4.79 Å². The number of benzene rings is 2. The highest BCUT2D eigenvalue weighted by Gasteiger charge is 2.43. The number of carbonyl (C=O) groups is 1. The van der Waals surface area contributed by atoms with Gasteiger partial charge >= 0.3 is 11.7 Å². The summed E-state index contributed by atoms with van der Waals surface area (Å²) < 4.78 is 27.1. The molecule has 4 rings (SSSR count). The van der Waals surface area contributed by atoms with E-state index in [9.17, 15) is 14.7 Å². The molecule has 0 radical (unpaired) electrons. The molecule has 1 amide bonds. The molecule has 3 atom stereocenters. The Balaban J connectivity index is 1.67. The molecule has 2 aromatic carbocycles. The van der Waals surface area contributed by atoms with E-state index >= 15 is 0 Å². The maximum Gasteiger partial charge on any atom is 0.405 e. The fourth-order valence-electron chi connectivity index (χ4n) is 3.88. The third-order valence-electron chi connectivity index (χ3n) is 5.40. The lowest BCUT2D eigenvalue weighted by Crippen LogP contribution is -2.49. The Morgan fingerprint density at radius 2 is 1.85 bits per heavy atom. The van der Waals surface area contributed by atoms with Gasteiger partial charge in [-0.25, -0.2) is 9.59 Å². The Morgan fingerprint density at radius 3 is 2.52 bits per heavy atom. The first-order valence-corrected chi connectivity index (χ1v) is 10.1. The van der Waals surface area contributed by atoms with E-state index in [1.54, 1.807) is 19.1 Å². The first kappa shape index (κ1) is 22.2. The molecule has 33 heavy (non-hydrogen) atoms. The monoisotopic (exact) mass is 453 g/mol. The summed E-state index contributed by atoms with van der Waals surface area (Å²) in [6, 6.07) is 14.2. The van der Waals surface area contributed by atoms with Crippen molar-refractivity contribution in [1.82, 2.24) is 0 Å². The molecule has 2 heterocycles. The topological polar surface area (TPSA) is 130 Å². The van der Waals surface area contributed by atoms with Crippen LogP contribution in [-0.4, -0.2) is 36.8 Å². The highest BCUT2D eigenvalue weighted by atomic mass is 16.7. The van der Waals surface area contributed by atoms with Crippen molar-refractivity contribution in [2.24, 2.45) is 5.73 Å². The highest BCUT2D eigenvalue weighted by Crippen LogP contribution is 2.32. The minimum Gasteiger partial charge on any atom is -0.494 e. The number of aliphatic hydroxyl groups excluding tert-OH is 1. The van der Waals surface area contributed by atoms with Gasteiger partial charge in [-0.05, 0) is 37.1 Å². The Labute approximate surface area is 188 Å². The van der Waals surface area contributed by atoms with Gasteiger partial charge in [-0.1, -0.05) is 30.3 Å². The summed E-state index contributed by atoms with van der Waals surface area (Å²) in [6.07, 6.45) is -4.96. The number of allylic oxidation sites excluding steroid dienone is 1. The van der Waals surface area contributed by atoms with Gasteiger partial charge in [0.2, 0.25) is 0 Å². The van der Waals surface area contributed by atoms with Gasteiger partial charge in [-0.15, -0.1) is 0 Å². The van der Waals surface area contributed by atoms with Crippen LogP contribution in [0.2, 0.25) is 0 Å². The number of methoxy groups -OCH3 is 1. The van der Waals surface area contributed by atoms with Crippen LogP contribution in [0, 0.1) is 6.92 Å². The number of fused-ring (bicyclic) bond motifs is 1. The maximum atomic E-state index is 12.7. The van der Waals surface area contributed by atoms with Crippen LogP contribution in [0.3, 0.4) is 0 Å². The number of hydrogen-bond donors (Lipinski definition) is 2. The summed E-state index contributed by atoms with van der Waals surface area (Å²) in [4.78, 5) is 24.0. The summed E-state index contributed by atoms with van der Waals surface area (Å²) in [5.74, 6) is 0.650. The third kappa shape index (κ3) is 4.22. The van der Waals surface area contributed by atoms with E-state index in [0.29, 0.717) is 11.1 Å². The largest absolute Gasteiger partial charge is 0.494 e. The minimum atomic E-state index is -1.43. The molecule has 0 saturated heterocycles. The molecular weight excluding hydrogens is 430 g/mol. The first-order chi connectivity index (χ1) is 15.8. The van der Waals surface area contributed by atoms with Crippen molar-refractivity contribution in [2.45, 2.75) is 32.3 Å². The zero-order valence-electron chi connectivity index (χ0n) is 18.2. The van der Waals surface area contributed by atoms with Gasteiger partial charge < -0.3 is 34.2 Å². The quantitative estimate of drug-likeness (QED) is 0.563. The summed E-state index contributed by atoms with van der Waals surface area (Å²) in [5, 5.41) is 11.4. The summed E-state index contributed by atoms with van der Waals surface area (Å²) in [7, 11) is 1.35. The predicted octanol–water partition coefficient (Wildman–Crippen LogP) is 3.21. The first-order valence-electron chi connectivity index (χ1n) is 10.1. The molecule has 0 spiro atoms. The molecule has 3 unspecified atom stereocenters. The molecule has 172 valence electrons. The highest BCUT2D eigenvalue weighted by molar-refractivity contribution is 5.87. The molecule has 0 fully saturated rings. The van der Waals surface area contributed by atoms with Gasteiger partial charge in [0.05, 0.1) is 12.7 Å². The number of hydrogen-bond acceptors (Lipinski definition) is 8. The average Bonchev–Trinajstić information content (AvgIpc) is 2.77. The van der Waals surface area contributed by atoms with E-state index in [4.69, 9.17) is 29.1 Å². The van der Waals surface area contributed by atoms with Crippen molar-refractivity contribution >= 4 is 17.1 Å². The standard InChI is InChI=1S/C24H23NO8/c1-12-16-10-9-15(11-17(16)32-22(27)18(12)14-7-5-4-6-8-14)31-23-19(26)21(33-24(25)28)20(29-3)13(2)30-23/h4-11,19,21,23,26H,1-3H3,(H2,25,28). The Hall–Kier alpha value is -3.98. The van der Waals surface area contributed by atoms with E-state index in [2.05, 4.69) is 0 Å². The lowest BCUT2D eigenvalue weighted by Gasteiger charge is -2.35. The number of primary amides is 1. The summed E-state index contributed by atoms with van der Waals surface area (Å²) in [5.41, 5.74) is 6.98. The number of ether oxygens (including phenoxy) is 4. The predicted molar refractivity (Wildman–Crippen MR) is 118 cm³/mol. The van der Waals surface area contributed by atoms with Gasteiger partial charge in [0.25, 0.3) is 6.29 Å². The Kier molecular flexibility index (Phi) is 5.97. The molecule has 1 aliphatic rings. The number of aliphatic hydroxyl groups is 1. The number of rotatable bonds is 5. The molecule has 1 aromatic heterocycles. The molecule has 0 bridgehead atoms. The van der Waals surface area contributed by atoms with Crippen LogP contribution in [0.25, 0.3) is 22.1 Å². The fourth-order valence-corrected chi connectivity index (χ4v) is 3.88. The van der Waals surface area contributed by atoms with Crippen LogP contribution < -0.4 is 16.1 Å². The molecule has 0 saturated carbocycles. The van der Waals surface area contributed by atoms with E-state index in [1.807, 2.05) is 37.3 Å². The van der Waals surface area contributed by atoms with Crippen molar-refractivity contribution in [1.29, 1.82) is 0 Å². The fraction of sp³-hybridized carbons (Fsp3) is 0.250. The number of nitrogens with two attached hydrogens (primary N) is 1. The van der Waals surface area contributed by atoms with Crippen LogP contribution in [0.15, 0.2) is 69.3 Å². The van der Waals surface area contributed by atoms with Crippen molar-refractivity contribution in [3.63, 3.8) is 0 Å². The summed E-state index contributed by atoms with van der Waals surface area (Å²) >= 11 is 0. The average molecular weight is 453 g/mol. The normalized spacial score (nSPS) is 20.3. The molecule has 1 aliphatic heterocycles. The second-order valence-electron chi connectivity index (χ2n) is 7.49. The number of amides is 1. The second-order valence-corrected chi connectivity index (χ2v) is 7.49. The lowest BCUT2D eigenvalue weighted by atomic mass is 10.00. The Bertz CT molecular complexity index is 1280. The van der Waals surface area contributed by atoms with Crippen molar-refractivity contribution in [2.75, 3.05) is 7.11 Å². The van der Waals surface area contributed by atoms with Crippen molar-refractivity contribution in [3.8, 4) is 16.9 Å². The smallest absolute Gasteiger partial charge is 0.405 e. The molecule has 3 N–H and O–H groups in total. The summed E-state index contributed by atoms with van der Waals surface area (Å²) in [6.45, 7) is 3.43. The van der Waals surface area contributed by atoms with Gasteiger partial charge in [0, 0.05) is 11.5 Å². The second kappa shape index (κ2) is 8.87. The zero-order valence-corrected chi connectivity index (χ0v) is 18.2. The van der Waals surface area contributed by atoms with Gasteiger partial charge in [0.15, 0.2) is 18.0 Å². The van der Waals surface area contributed by atoms with Gasteiger partial charge in [-0.2, -0.15) is 0 Å². The van der Waals surface area contributed by atoms with Crippen LogP contribution in [-0.2, 0) is 14.2 Å². The van der Waals surface area contributed by atoms with Crippen LogP contribution in [0.1, 0.15) is 12.5 Å². The maximum absolute atomic E-state index is 12.7. The molecule has 3 aromatic rings. The molecule has 9 heteroatoms. The SMILES string of the molecule is COC1=C(C)OC(Oc2ccc3c(C)c(-c4ccccc4)c(=O)oc3c2)C(O)C1OC(N)=O. The van der Waals surface area contributed by atoms with Crippen LogP contribution in [0.5, 0.6) is 5.75 Å². The minimum absolute atomic E-state index is 0.120.